The van der Waals surface area contributed by atoms with Crippen molar-refractivity contribution in [1.82, 2.24) is 4.90 Å². The van der Waals surface area contributed by atoms with Crippen LogP contribution >= 0.6 is 0 Å². The maximum atomic E-state index is 11.8. The Kier molecular flexibility index (Phi) is 4.29. The zero-order valence-corrected chi connectivity index (χ0v) is 10.9. The highest BCUT2D eigenvalue weighted by Crippen LogP contribution is 2.12. The van der Waals surface area contributed by atoms with Gasteiger partial charge >= 0.3 is 0 Å². The van der Waals surface area contributed by atoms with Crippen molar-refractivity contribution in [2.75, 3.05) is 25.0 Å². The minimum Gasteiger partial charge on any atom is -0.392 e. The first-order valence-electron chi connectivity index (χ1n) is 6.36. The van der Waals surface area contributed by atoms with E-state index in [9.17, 15) is 14.7 Å². The molecule has 1 atom stereocenters. The van der Waals surface area contributed by atoms with Crippen molar-refractivity contribution in [3.8, 4) is 0 Å². The Balaban J connectivity index is 1.91. The molecule has 19 heavy (non-hydrogen) atoms. The summed E-state index contributed by atoms with van der Waals surface area (Å²) >= 11 is 0. The smallest absolute Gasteiger partial charge is 0.238 e. The zero-order valence-electron chi connectivity index (χ0n) is 10.9. The predicted molar refractivity (Wildman–Crippen MR) is 72.1 cm³/mol. The van der Waals surface area contributed by atoms with Crippen molar-refractivity contribution in [2.24, 2.45) is 0 Å². The van der Waals surface area contributed by atoms with Crippen molar-refractivity contribution in [1.29, 1.82) is 0 Å². The van der Waals surface area contributed by atoms with Gasteiger partial charge in [0.15, 0.2) is 5.78 Å². The lowest BCUT2D eigenvalue weighted by atomic mass is 10.1. The molecule has 5 nitrogen and oxygen atoms in total. The molecule has 1 saturated heterocycles. The number of hydrogen-bond acceptors (Lipinski definition) is 4. The number of carbonyl (C=O) groups is 2. The maximum Gasteiger partial charge on any atom is 0.238 e. The molecule has 0 aliphatic carbocycles. The fraction of sp³-hybridized carbons (Fsp3) is 0.429. The van der Waals surface area contributed by atoms with Crippen molar-refractivity contribution < 1.29 is 14.7 Å². The molecule has 1 aromatic rings. The molecule has 1 aliphatic rings. The van der Waals surface area contributed by atoms with E-state index in [1.807, 2.05) is 4.90 Å². The largest absolute Gasteiger partial charge is 0.392 e. The number of hydrogen-bond donors (Lipinski definition) is 2. The second-order valence-electron chi connectivity index (χ2n) is 4.86. The topological polar surface area (TPSA) is 69.6 Å². The molecule has 2 rings (SSSR count). The summed E-state index contributed by atoms with van der Waals surface area (Å²) in [6, 6.07) is 6.88. The van der Waals surface area contributed by atoms with Gasteiger partial charge in [0.1, 0.15) is 0 Å². The van der Waals surface area contributed by atoms with E-state index >= 15 is 0 Å². The fourth-order valence-electron chi connectivity index (χ4n) is 2.18. The van der Waals surface area contributed by atoms with Crippen LogP contribution in [-0.2, 0) is 4.79 Å². The van der Waals surface area contributed by atoms with Gasteiger partial charge < -0.3 is 10.4 Å². The summed E-state index contributed by atoms with van der Waals surface area (Å²) in [6.07, 6.45) is 0.390. The molecule has 5 heteroatoms. The third-order valence-corrected chi connectivity index (χ3v) is 3.17. The summed E-state index contributed by atoms with van der Waals surface area (Å²) < 4.78 is 0. The SMILES string of the molecule is CC(=O)c1cccc(NC(=O)CN2CC[C@H](O)C2)c1. The third-order valence-electron chi connectivity index (χ3n) is 3.17. The van der Waals surface area contributed by atoms with E-state index < -0.39 is 0 Å². The average Bonchev–Trinajstić information content (AvgIpc) is 2.74. The molecular weight excluding hydrogens is 244 g/mol. The highest BCUT2D eigenvalue weighted by Gasteiger charge is 2.21. The van der Waals surface area contributed by atoms with Crippen LogP contribution in [0.1, 0.15) is 23.7 Å². The number of ketones is 1. The third kappa shape index (κ3) is 3.87. The number of aliphatic hydroxyl groups is 1. The first kappa shape index (κ1) is 13.7. The molecule has 2 N–H and O–H groups in total. The van der Waals surface area contributed by atoms with Gasteiger partial charge in [-0.15, -0.1) is 0 Å². The van der Waals surface area contributed by atoms with Crippen molar-refractivity contribution in [3.05, 3.63) is 29.8 Å². The van der Waals surface area contributed by atoms with E-state index in [1.165, 1.54) is 6.92 Å². The molecular formula is C14H18N2O3. The molecule has 0 unspecified atom stereocenters. The second-order valence-corrected chi connectivity index (χ2v) is 4.86. The Bertz CT molecular complexity index is 487. The normalized spacial score (nSPS) is 19.4. The van der Waals surface area contributed by atoms with E-state index in [-0.39, 0.29) is 24.3 Å². The first-order valence-corrected chi connectivity index (χ1v) is 6.36. The number of aliphatic hydroxyl groups excluding tert-OH is 1. The van der Waals surface area contributed by atoms with Crippen LogP contribution in [0.4, 0.5) is 5.69 Å². The van der Waals surface area contributed by atoms with Crippen LogP contribution in [0.25, 0.3) is 0 Å². The van der Waals surface area contributed by atoms with Crippen LogP contribution in [0.15, 0.2) is 24.3 Å². The standard InChI is InChI=1S/C14H18N2O3/c1-10(17)11-3-2-4-12(7-11)15-14(19)9-16-6-5-13(18)8-16/h2-4,7,13,18H,5-6,8-9H2,1H3,(H,15,19)/t13-/m0/s1. The summed E-state index contributed by atoms with van der Waals surface area (Å²) in [5, 5.41) is 12.2. The van der Waals surface area contributed by atoms with Crippen LogP contribution in [0.5, 0.6) is 0 Å². The van der Waals surface area contributed by atoms with E-state index in [2.05, 4.69) is 5.32 Å². The first-order chi connectivity index (χ1) is 9.04. The summed E-state index contributed by atoms with van der Waals surface area (Å²) in [5.41, 5.74) is 1.20. The number of nitrogens with zero attached hydrogens (tertiary/aromatic N) is 1. The van der Waals surface area contributed by atoms with E-state index in [1.54, 1.807) is 24.3 Å². The summed E-state index contributed by atoms with van der Waals surface area (Å²) in [4.78, 5) is 25.0. The second kappa shape index (κ2) is 5.95. The van der Waals surface area contributed by atoms with Gasteiger partial charge in [0.25, 0.3) is 0 Å². The zero-order chi connectivity index (χ0) is 13.8. The van der Waals surface area contributed by atoms with Crippen LogP contribution < -0.4 is 5.32 Å². The predicted octanol–water partition coefficient (Wildman–Crippen LogP) is 0.894. The number of carbonyl (C=O) groups excluding carboxylic acids is 2. The van der Waals surface area contributed by atoms with Gasteiger partial charge in [-0.25, -0.2) is 0 Å². The van der Waals surface area contributed by atoms with Crippen LogP contribution in [0.2, 0.25) is 0 Å². The number of amides is 1. The van der Waals surface area contributed by atoms with Gasteiger partial charge in [0.2, 0.25) is 5.91 Å². The lowest BCUT2D eigenvalue weighted by molar-refractivity contribution is -0.117. The van der Waals surface area contributed by atoms with Gasteiger partial charge in [-0.05, 0) is 25.5 Å². The van der Waals surface area contributed by atoms with Gasteiger partial charge in [-0.3, -0.25) is 14.5 Å². The molecule has 1 aliphatic heterocycles. The molecule has 1 fully saturated rings. The highest BCUT2D eigenvalue weighted by molar-refractivity contribution is 5.97. The monoisotopic (exact) mass is 262 g/mol. The minimum atomic E-state index is -0.325. The number of anilines is 1. The molecule has 1 aromatic carbocycles. The van der Waals surface area contributed by atoms with E-state index in [0.29, 0.717) is 24.2 Å². The van der Waals surface area contributed by atoms with Crippen molar-refractivity contribution in [2.45, 2.75) is 19.4 Å². The van der Waals surface area contributed by atoms with Gasteiger partial charge in [0.05, 0.1) is 12.6 Å². The number of rotatable bonds is 4. The van der Waals surface area contributed by atoms with Crippen LogP contribution in [0, 0.1) is 0 Å². The lowest BCUT2D eigenvalue weighted by Gasteiger charge is -2.14. The number of nitrogens with one attached hydrogen (secondary N) is 1. The Morgan fingerprint density at radius 3 is 2.89 bits per heavy atom. The Morgan fingerprint density at radius 2 is 2.26 bits per heavy atom. The molecule has 0 saturated carbocycles. The molecule has 1 heterocycles. The molecule has 1 amide bonds. The Morgan fingerprint density at radius 1 is 1.47 bits per heavy atom. The molecule has 0 aromatic heterocycles. The van der Waals surface area contributed by atoms with E-state index in [4.69, 9.17) is 0 Å². The number of likely N-dealkylation sites (tertiary alicyclic amines) is 1. The van der Waals surface area contributed by atoms with Crippen molar-refractivity contribution >= 4 is 17.4 Å². The summed E-state index contributed by atoms with van der Waals surface area (Å²) in [6.45, 7) is 3.04. The maximum absolute atomic E-state index is 11.8. The summed E-state index contributed by atoms with van der Waals surface area (Å²) in [7, 11) is 0. The van der Waals surface area contributed by atoms with Gasteiger partial charge in [-0.1, -0.05) is 12.1 Å². The fourth-order valence-corrected chi connectivity index (χ4v) is 2.18. The average molecular weight is 262 g/mol. The molecule has 0 spiro atoms. The number of Topliss-reactive ketones (excluding diaryl/α,β-unsaturated/α-hetero) is 1. The molecule has 0 radical (unpaired) electrons. The van der Waals surface area contributed by atoms with Crippen LogP contribution in [-0.4, -0.2) is 47.4 Å². The Labute approximate surface area is 112 Å². The van der Waals surface area contributed by atoms with Gasteiger partial charge in [-0.2, -0.15) is 0 Å². The Hall–Kier alpha value is -1.72. The van der Waals surface area contributed by atoms with Gasteiger partial charge in [0, 0.05) is 24.3 Å². The number of β-amino-alcohol motifs (C(OH)–C–C–N with tert-alkyl or cyclic N) is 1. The summed E-state index contributed by atoms with van der Waals surface area (Å²) in [5.74, 6) is -0.159. The lowest BCUT2D eigenvalue weighted by Crippen LogP contribution is -2.32. The molecule has 0 bridgehead atoms. The number of benzene rings is 1. The van der Waals surface area contributed by atoms with Crippen molar-refractivity contribution in [3.63, 3.8) is 0 Å². The van der Waals surface area contributed by atoms with E-state index in [0.717, 1.165) is 6.54 Å². The van der Waals surface area contributed by atoms with Crippen LogP contribution in [0.3, 0.4) is 0 Å². The minimum absolute atomic E-state index is 0.0289. The highest BCUT2D eigenvalue weighted by atomic mass is 16.3. The molecule has 102 valence electrons. The quantitative estimate of drug-likeness (QED) is 0.791.